The molecule has 0 amide bonds. The molecule has 6 nitrogen and oxygen atoms in total. The fourth-order valence-corrected chi connectivity index (χ4v) is 1.21. The molecule has 0 saturated heterocycles. The van der Waals surface area contributed by atoms with Crippen molar-refractivity contribution in [3.05, 3.63) is 53.0 Å². The lowest BCUT2D eigenvalue weighted by Gasteiger charge is -2.04. The lowest BCUT2D eigenvalue weighted by molar-refractivity contribution is -0.384. The van der Waals surface area contributed by atoms with Crippen molar-refractivity contribution in [1.82, 2.24) is 9.97 Å². The van der Waals surface area contributed by atoms with Gasteiger partial charge in [-0.25, -0.2) is 4.98 Å². The Morgan fingerprint density at radius 3 is 2.75 bits per heavy atom. The van der Waals surface area contributed by atoms with Gasteiger partial charge in [0.2, 0.25) is 5.82 Å². The van der Waals surface area contributed by atoms with Crippen LogP contribution in [0.1, 0.15) is 0 Å². The molecule has 6 heteroatoms. The second-order valence-corrected chi connectivity index (χ2v) is 2.99. The molecule has 0 atom stereocenters. The monoisotopic (exact) mass is 216 g/mol. The number of nitrogens with one attached hydrogen (secondary N) is 1. The van der Waals surface area contributed by atoms with Crippen LogP contribution in [0.3, 0.4) is 0 Å². The van der Waals surface area contributed by atoms with Gasteiger partial charge in [-0.3, -0.25) is 15.1 Å². The van der Waals surface area contributed by atoms with E-state index in [1.165, 1.54) is 18.3 Å². The average molecular weight is 216 g/mol. The molecule has 2 aromatic rings. The van der Waals surface area contributed by atoms with Gasteiger partial charge >= 0.3 is 5.69 Å². The molecule has 0 aliphatic carbocycles. The third kappa shape index (κ3) is 2.11. The summed E-state index contributed by atoms with van der Waals surface area (Å²) in [6.45, 7) is 0. The van der Waals surface area contributed by atoms with Crippen molar-refractivity contribution >= 4 is 17.2 Å². The van der Waals surface area contributed by atoms with Crippen LogP contribution < -0.4 is 5.32 Å². The summed E-state index contributed by atoms with van der Waals surface area (Å²) < 4.78 is 0. The number of pyridine rings is 2. The molecule has 0 bridgehead atoms. The van der Waals surface area contributed by atoms with Gasteiger partial charge in [0.05, 0.1) is 16.8 Å². The minimum atomic E-state index is -0.480. The van der Waals surface area contributed by atoms with Crippen molar-refractivity contribution in [2.24, 2.45) is 0 Å². The van der Waals surface area contributed by atoms with E-state index in [1.807, 2.05) is 0 Å². The number of aromatic nitrogens is 2. The molecular formula is C10H8N4O2. The van der Waals surface area contributed by atoms with Crippen LogP contribution in [0.15, 0.2) is 42.9 Å². The van der Waals surface area contributed by atoms with Crippen molar-refractivity contribution < 1.29 is 4.92 Å². The molecule has 0 fully saturated rings. The standard InChI is InChI=1S/C10H8N4O2/c15-14(16)9-4-2-6-12-10(9)13-8-3-1-5-11-7-8/h1-7H,(H,12,13). The molecule has 0 unspecified atom stereocenters. The number of nitro groups is 1. The SMILES string of the molecule is O=[N+]([O-])c1cccnc1Nc1cccnc1. The fourth-order valence-electron chi connectivity index (χ4n) is 1.21. The zero-order valence-corrected chi connectivity index (χ0v) is 8.20. The molecule has 2 heterocycles. The summed E-state index contributed by atoms with van der Waals surface area (Å²) in [6.07, 6.45) is 4.68. The van der Waals surface area contributed by atoms with Gasteiger partial charge < -0.3 is 5.32 Å². The molecule has 0 radical (unpaired) electrons. The third-order valence-corrected chi connectivity index (χ3v) is 1.91. The molecule has 0 saturated carbocycles. The van der Waals surface area contributed by atoms with Gasteiger partial charge in [-0.2, -0.15) is 0 Å². The van der Waals surface area contributed by atoms with E-state index in [-0.39, 0.29) is 11.5 Å². The first-order chi connectivity index (χ1) is 7.77. The smallest absolute Gasteiger partial charge is 0.311 e. The molecule has 16 heavy (non-hydrogen) atoms. The maximum atomic E-state index is 10.7. The maximum Gasteiger partial charge on any atom is 0.311 e. The van der Waals surface area contributed by atoms with Crippen LogP contribution in [0.4, 0.5) is 17.2 Å². The van der Waals surface area contributed by atoms with Gasteiger partial charge in [0.25, 0.3) is 0 Å². The van der Waals surface area contributed by atoms with Gasteiger partial charge in [-0.15, -0.1) is 0 Å². The number of rotatable bonds is 3. The summed E-state index contributed by atoms with van der Waals surface area (Å²) in [7, 11) is 0. The van der Waals surface area contributed by atoms with Gasteiger partial charge in [0.1, 0.15) is 0 Å². The highest BCUT2D eigenvalue weighted by molar-refractivity contribution is 5.64. The van der Waals surface area contributed by atoms with Crippen LogP contribution in [0, 0.1) is 10.1 Å². The van der Waals surface area contributed by atoms with E-state index in [0.717, 1.165) is 0 Å². The minimum Gasteiger partial charge on any atom is -0.333 e. The maximum absolute atomic E-state index is 10.7. The molecule has 0 aliphatic heterocycles. The Morgan fingerprint density at radius 1 is 1.25 bits per heavy atom. The van der Waals surface area contributed by atoms with E-state index in [1.54, 1.807) is 24.5 Å². The Labute approximate surface area is 91.1 Å². The third-order valence-electron chi connectivity index (χ3n) is 1.91. The lowest BCUT2D eigenvalue weighted by atomic mass is 10.3. The summed E-state index contributed by atoms with van der Waals surface area (Å²) in [4.78, 5) is 18.1. The van der Waals surface area contributed by atoms with E-state index in [2.05, 4.69) is 15.3 Å². The molecule has 0 aliphatic rings. The summed E-state index contributed by atoms with van der Waals surface area (Å²) in [5, 5.41) is 13.6. The van der Waals surface area contributed by atoms with Crippen LogP contribution in [0.5, 0.6) is 0 Å². The van der Waals surface area contributed by atoms with E-state index >= 15 is 0 Å². The Morgan fingerprint density at radius 2 is 2.06 bits per heavy atom. The summed E-state index contributed by atoms with van der Waals surface area (Å²) >= 11 is 0. The van der Waals surface area contributed by atoms with E-state index in [4.69, 9.17) is 0 Å². The van der Waals surface area contributed by atoms with Gasteiger partial charge in [-0.05, 0) is 18.2 Å². The second kappa shape index (κ2) is 4.35. The van der Waals surface area contributed by atoms with Gasteiger partial charge in [0, 0.05) is 18.5 Å². The number of hydrogen-bond donors (Lipinski definition) is 1. The first kappa shape index (κ1) is 10.0. The highest BCUT2D eigenvalue weighted by Gasteiger charge is 2.13. The molecule has 0 aromatic carbocycles. The predicted octanol–water partition coefficient (Wildman–Crippen LogP) is 2.13. The highest BCUT2D eigenvalue weighted by atomic mass is 16.6. The minimum absolute atomic E-state index is 0.0636. The second-order valence-electron chi connectivity index (χ2n) is 2.99. The summed E-state index contributed by atoms with van der Waals surface area (Å²) in [5.74, 6) is 0.209. The number of nitrogens with zero attached hydrogens (tertiary/aromatic N) is 3. The first-order valence-electron chi connectivity index (χ1n) is 4.54. The summed E-state index contributed by atoms with van der Waals surface area (Å²) in [5.41, 5.74) is 0.593. The normalized spacial score (nSPS) is 9.75. The van der Waals surface area contributed by atoms with E-state index in [9.17, 15) is 10.1 Å². The zero-order valence-electron chi connectivity index (χ0n) is 8.20. The van der Waals surface area contributed by atoms with Crippen molar-refractivity contribution in [3.8, 4) is 0 Å². The predicted molar refractivity (Wildman–Crippen MR) is 58.4 cm³/mol. The highest BCUT2D eigenvalue weighted by Crippen LogP contribution is 2.23. The van der Waals surface area contributed by atoms with Gasteiger partial charge in [-0.1, -0.05) is 0 Å². The van der Waals surface area contributed by atoms with E-state index in [0.29, 0.717) is 5.69 Å². The topological polar surface area (TPSA) is 81.0 Å². The van der Waals surface area contributed by atoms with Crippen molar-refractivity contribution in [1.29, 1.82) is 0 Å². The first-order valence-corrected chi connectivity index (χ1v) is 4.54. The molecule has 2 aromatic heterocycles. The molecular weight excluding hydrogens is 208 g/mol. The van der Waals surface area contributed by atoms with Crippen LogP contribution in [0.2, 0.25) is 0 Å². The lowest BCUT2D eigenvalue weighted by Crippen LogP contribution is -1.99. The Bertz CT molecular complexity index is 501. The van der Waals surface area contributed by atoms with Crippen molar-refractivity contribution in [2.75, 3.05) is 5.32 Å². The fraction of sp³-hybridized carbons (Fsp3) is 0. The molecule has 2 rings (SSSR count). The van der Waals surface area contributed by atoms with Crippen LogP contribution in [-0.4, -0.2) is 14.9 Å². The molecule has 0 spiro atoms. The molecule has 80 valence electrons. The van der Waals surface area contributed by atoms with Gasteiger partial charge in [0.15, 0.2) is 0 Å². The quantitative estimate of drug-likeness (QED) is 0.627. The number of hydrogen-bond acceptors (Lipinski definition) is 5. The summed E-state index contributed by atoms with van der Waals surface area (Å²) in [6, 6.07) is 6.40. The largest absolute Gasteiger partial charge is 0.333 e. The Balaban J connectivity index is 2.31. The van der Waals surface area contributed by atoms with Crippen LogP contribution in [-0.2, 0) is 0 Å². The molecule has 1 N–H and O–H groups in total. The van der Waals surface area contributed by atoms with Crippen LogP contribution in [0.25, 0.3) is 0 Å². The van der Waals surface area contributed by atoms with Crippen LogP contribution >= 0.6 is 0 Å². The number of anilines is 2. The van der Waals surface area contributed by atoms with Crippen molar-refractivity contribution in [2.45, 2.75) is 0 Å². The van der Waals surface area contributed by atoms with E-state index < -0.39 is 4.92 Å². The Kier molecular flexibility index (Phi) is 2.73. The Hall–Kier alpha value is -2.50. The van der Waals surface area contributed by atoms with Crippen molar-refractivity contribution in [3.63, 3.8) is 0 Å². The average Bonchev–Trinajstić information content (AvgIpc) is 2.31. The zero-order chi connectivity index (χ0) is 11.4.